The third-order valence-electron chi connectivity index (χ3n) is 1.14. The molecule has 0 saturated heterocycles. The van der Waals surface area contributed by atoms with Crippen LogP contribution in [0.2, 0.25) is 0 Å². The highest BCUT2D eigenvalue weighted by atomic mass is 127. The summed E-state index contributed by atoms with van der Waals surface area (Å²) in [4.78, 5) is 0. The first-order valence-corrected chi connectivity index (χ1v) is 3.88. The van der Waals surface area contributed by atoms with E-state index in [1.807, 2.05) is 24.3 Å². The van der Waals surface area contributed by atoms with E-state index in [2.05, 4.69) is 22.6 Å². The smallest absolute Gasteiger partial charge is 0.122 e. The van der Waals surface area contributed by atoms with Gasteiger partial charge in [-0.15, -0.1) is 12.4 Å². The second-order valence-corrected chi connectivity index (χ2v) is 3.17. The van der Waals surface area contributed by atoms with Crippen molar-refractivity contribution in [2.24, 2.45) is 5.73 Å². The van der Waals surface area contributed by atoms with Crippen molar-refractivity contribution in [3.63, 3.8) is 0 Å². The minimum Gasteiger partial charge on any atom is -0.384 e. The predicted molar refractivity (Wildman–Crippen MR) is 57.4 cm³/mol. The first-order chi connectivity index (χ1) is 4.70. The molecule has 1 rings (SSSR count). The van der Waals surface area contributed by atoms with Crippen molar-refractivity contribution in [1.82, 2.24) is 0 Å². The lowest BCUT2D eigenvalue weighted by Gasteiger charge is -1.96. The van der Waals surface area contributed by atoms with Crippen molar-refractivity contribution in [2.75, 3.05) is 0 Å². The van der Waals surface area contributed by atoms with Crippen LogP contribution in [0.1, 0.15) is 5.56 Å². The summed E-state index contributed by atoms with van der Waals surface area (Å²) < 4.78 is 1.10. The predicted octanol–water partition coefficient (Wildman–Crippen LogP) is 2.00. The van der Waals surface area contributed by atoms with Crippen molar-refractivity contribution in [2.45, 2.75) is 0 Å². The lowest BCUT2D eigenvalue weighted by molar-refractivity contribution is 1.42. The standard InChI is InChI=1S/C7H7IN2.ClH/c8-6-3-1-2-5(4-6)7(9)10;/h1-4H,(H3,9,10);1H. The van der Waals surface area contributed by atoms with Crippen LogP contribution in [0.4, 0.5) is 0 Å². The van der Waals surface area contributed by atoms with E-state index in [0.717, 1.165) is 9.13 Å². The van der Waals surface area contributed by atoms with Gasteiger partial charge in [-0.1, -0.05) is 12.1 Å². The average Bonchev–Trinajstić information content (AvgIpc) is 1.88. The second kappa shape index (κ2) is 4.56. The summed E-state index contributed by atoms with van der Waals surface area (Å²) in [5.74, 6) is 0.124. The molecule has 0 atom stereocenters. The molecule has 0 radical (unpaired) electrons. The van der Waals surface area contributed by atoms with Gasteiger partial charge >= 0.3 is 0 Å². The van der Waals surface area contributed by atoms with Crippen LogP contribution in [0.5, 0.6) is 0 Å². The summed E-state index contributed by atoms with van der Waals surface area (Å²) in [6.07, 6.45) is 0. The van der Waals surface area contributed by atoms with Gasteiger partial charge < -0.3 is 5.73 Å². The highest BCUT2D eigenvalue weighted by Crippen LogP contribution is 2.06. The van der Waals surface area contributed by atoms with Crippen LogP contribution in [0.3, 0.4) is 0 Å². The summed E-state index contributed by atoms with van der Waals surface area (Å²) in [5, 5.41) is 7.11. The molecule has 0 fully saturated rings. The van der Waals surface area contributed by atoms with E-state index in [4.69, 9.17) is 11.1 Å². The zero-order valence-electron chi connectivity index (χ0n) is 5.67. The number of hydrogen-bond donors (Lipinski definition) is 2. The van der Waals surface area contributed by atoms with Gasteiger partial charge in [-0.05, 0) is 34.7 Å². The first-order valence-electron chi connectivity index (χ1n) is 2.80. The number of amidine groups is 1. The van der Waals surface area contributed by atoms with Crippen molar-refractivity contribution >= 4 is 40.8 Å². The second-order valence-electron chi connectivity index (χ2n) is 1.92. The summed E-state index contributed by atoms with van der Waals surface area (Å²) in [6.45, 7) is 0. The van der Waals surface area contributed by atoms with E-state index in [0.29, 0.717) is 0 Å². The normalized spacial score (nSPS) is 8.45. The molecule has 0 amide bonds. The molecular weight excluding hydrogens is 274 g/mol. The third-order valence-corrected chi connectivity index (χ3v) is 1.81. The Morgan fingerprint density at radius 1 is 1.45 bits per heavy atom. The van der Waals surface area contributed by atoms with E-state index >= 15 is 0 Å². The minimum atomic E-state index is 0. The Labute approximate surface area is 85.2 Å². The number of rotatable bonds is 1. The number of nitrogens with two attached hydrogens (primary N) is 1. The molecule has 4 heteroatoms. The average molecular weight is 283 g/mol. The highest BCUT2D eigenvalue weighted by molar-refractivity contribution is 14.1. The molecule has 0 aliphatic rings. The molecule has 2 nitrogen and oxygen atoms in total. The zero-order valence-corrected chi connectivity index (χ0v) is 8.65. The Balaban J connectivity index is 0.000001000. The Hall–Kier alpha value is -0.290. The molecular formula is C7H8ClIN2. The molecule has 60 valence electrons. The van der Waals surface area contributed by atoms with Crippen molar-refractivity contribution in [1.29, 1.82) is 5.41 Å². The molecule has 0 aliphatic heterocycles. The number of nitrogen functional groups attached to an aromatic ring is 1. The first kappa shape index (κ1) is 10.7. The van der Waals surface area contributed by atoms with Gasteiger partial charge in [0.2, 0.25) is 0 Å². The lowest BCUT2D eigenvalue weighted by atomic mass is 10.2. The number of hydrogen-bond acceptors (Lipinski definition) is 1. The van der Waals surface area contributed by atoms with Gasteiger partial charge in [0.25, 0.3) is 0 Å². The van der Waals surface area contributed by atoms with Crippen molar-refractivity contribution in [3.05, 3.63) is 33.4 Å². The lowest BCUT2D eigenvalue weighted by Crippen LogP contribution is -2.10. The maximum atomic E-state index is 7.11. The minimum absolute atomic E-state index is 0. The molecule has 11 heavy (non-hydrogen) atoms. The Bertz CT molecular complexity index is 262. The van der Waals surface area contributed by atoms with Gasteiger partial charge in [0, 0.05) is 9.13 Å². The van der Waals surface area contributed by atoms with Crippen LogP contribution in [-0.2, 0) is 0 Å². The summed E-state index contributed by atoms with van der Waals surface area (Å²) >= 11 is 2.19. The van der Waals surface area contributed by atoms with Crippen LogP contribution in [-0.4, -0.2) is 5.84 Å². The fraction of sp³-hybridized carbons (Fsp3) is 0. The molecule has 0 aromatic heterocycles. The molecule has 3 N–H and O–H groups in total. The van der Waals surface area contributed by atoms with Gasteiger partial charge in [-0.3, -0.25) is 5.41 Å². The number of halogens is 2. The van der Waals surface area contributed by atoms with Crippen LogP contribution in [0.15, 0.2) is 24.3 Å². The zero-order chi connectivity index (χ0) is 7.56. The molecule has 0 unspecified atom stereocenters. The van der Waals surface area contributed by atoms with Crippen LogP contribution in [0.25, 0.3) is 0 Å². The molecule has 0 saturated carbocycles. The molecule has 1 aromatic rings. The van der Waals surface area contributed by atoms with E-state index in [1.54, 1.807) is 0 Å². The molecule has 0 heterocycles. The van der Waals surface area contributed by atoms with Gasteiger partial charge in [0.15, 0.2) is 0 Å². The van der Waals surface area contributed by atoms with Crippen molar-refractivity contribution in [3.8, 4) is 0 Å². The van der Waals surface area contributed by atoms with Gasteiger partial charge in [-0.25, -0.2) is 0 Å². The molecule has 0 bridgehead atoms. The van der Waals surface area contributed by atoms with Crippen molar-refractivity contribution < 1.29 is 0 Å². The van der Waals surface area contributed by atoms with Crippen LogP contribution in [0, 0.1) is 8.98 Å². The quantitative estimate of drug-likeness (QED) is 0.462. The van der Waals surface area contributed by atoms with E-state index in [9.17, 15) is 0 Å². The van der Waals surface area contributed by atoms with E-state index < -0.39 is 0 Å². The molecule has 0 spiro atoms. The largest absolute Gasteiger partial charge is 0.384 e. The van der Waals surface area contributed by atoms with Gasteiger partial charge in [0.05, 0.1) is 0 Å². The third kappa shape index (κ3) is 3.07. The fourth-order valence-corrected chi connectivity index (χ4v) is 1.20. The van der Waals surface area contributed by atoms with Gasteiger partial charge in [0.1, 0.15) is 5.84 Å². The maximum absolute atomic E-state index is 7.11. The SMILES string of the molecule is Cl.N=C(N)c1cccc(I)c1. The number of benzene rings is 1. The summed E-state index contributed by atoms with van der Waals surface area (Å²) in [5.41, 5.74) is 6.05. The Morgan fingerprint density at radius 2 is 2.09 bits per heavy atom. The van der Waals surface area contributed by atoms with Crippen LogP contribution >= 0.6 is 35.0 Å². The van der Waals surface area contributed by atoms with Crippen LogP contribution < -0.4 is 5.73 Å². The highest BCUT2D eigenvalue weighted by Gasteiger charge is 1.93. The Kier molecular flexibility index (Phi) is 4.44. The van der Waals surface area contributed by atoms with E-state index in [-0.39, 0.29) is 18.2 Å². The molecule has 0 aliphatic carbocycles. The van der Waals surface area contributed by atoms with Gasteiger partial charge in [-0.2, -0.15) is 0 Å². The fourth-order valence-electron chi connectivity index (χ4n) is 0.656. The summed E-state index contributed by atoms with van der Waals surface area (Å²) in [6, 6.07) is 7.55. The summed E-state index contributed by atoms with van der Waals surface area (Å²) in [7, 11) is 0. The maximum Gasteiger partial charge on any atom is 0.122 e. The monoisotopic (exact) mass is 282 g/mol. The van der Waals surface area contributed by atoms with E-state index in [1.165, 1.54) is 0 Å². The Morgan fingerprint density at radius 3 is 2.45 bits per heavy atom. The number of nitrogens with one attached hydrogen (secondary N) is 1. The molecule has 1 aromatic carbocycles. The topological polar surface area (TPSA) is 49.9 Å².